The molecule has 1 aromatic heterocycles. The zero-order chi connectivity index (χ0) is 14.5. The van der Waals surface area contributed by atoms with Gasteiger partial charge in [-0.05, 0) is 13.0 Å². The minimum Gasteiger partial charge on any atom is -0.469 e. The quantitative estimate of drug-likeness (QED) is 0.731. The van der Waals surface area contributed by atoms with Crippen molar-refractivity contribution in [2.75, 3.05) is 39.8 Å². The number of hydrogen-bond donors (Lipinski definition) is 0. The van der Waals surface area contributed by atoms with Gasteiger partial charge >= 0.3 is 5.97 Å². The number of methoxy groups -OCH3 is 1. The lowest BCUT2D eigenvalue weighted by Gasteiger charge is -2.34. The first-order valence-corrected chi connectivity index (χ1v) is 7.09. The van der Waals surface area contributed by atoms with E-state index in [4.69, 9.17) is 0 Å². The van der Waals surface area contributed by atoms with Crippen LogP contribution in [-0.2, 0) is 23.1 Å². The van der Waals surface area contributed by atoms with Crippen LogP contribution in [0, 0.1) is 6.92 Å². The Hall–Kier alpha value is -1.40. The molecular weight excluding hydrogens is 256 g/mol. The molecule has 1 aliphatic rings. The van der Waals surface area contributed by atoms with Crippen LogP contribution in [0.1, 0.15) is 17.8 Å². The molecule has 2 heterocycles. The predicted octanol–water partition coefficient (Wildman–Crippen LogP) is 0.409. The van der Waals surface area contributed by atoms with Crippen molar-refractivity contribution in [1.29, 1.82) is 0 Å². The van der Waals surface area contributed by atoms with Gasteiger partial charge in [-0.3, -0.25) is 14.4 Å². The van der Waals surface area contributed by atoms with E-state index < -0.39 is 0 Å². The molecule has 1 saturated heterocycles. The van der Waals surface area contributed by atoms with Gasteiger partial charge in [-0.1, -0.05) is 0 Å². The SMILES string of the molecule is COC(=O)CCN1CCN(Cc2cc(C)nn2C)CC1. The number of esters is 1. The number of piperazine rings is 1. The molecule has 0 saturated carbocycles. The molecule has 112 valence electrons. The average Bonchev–Trinajstić information content (AvgIpc) is 2.75. The molecule has 1 aromatic rings. The van der Waals surface area contributed by atoms with Gasteiger partial charge in [0.05, 0.1) is 24.9 Å². The Morgan fingerprint density at radius 1 is 1.30 bits per heavy atom. The molecule has 1 fully saturated rings. The van der Waals surface area contributed by atoms with Gasteiger partial charge in [-0.25, -0.2) is 0 Å². The second kappa shape index (κ2) is 6.85. The van der Waals surface area contributed by atoms with Crippen molar-refractivity contribution >= 4 is 5.97 Å². The third-order valence-electron chi connectivity index (χ3n) is 3.81. The number of nitrogens with zero attached hydrogens (tertiary/aromatic N) is 4. The van der Waals surface area contributed by atoms with Gasteiger partial charge in [0.15, 0.2) is 0 Å². The highest BCUT2D eigenvalue weighted by Crippen LogP contribution is 2.09. The molecule has 0 atom stereocenters. The van der Waals surface area contributed by atoms with Gasteiger partial charge in [0.25, 0.3) is 0 Å². The van der Waals surface area contributed by atoms with E-state index >= 15 is 0 Å². The summed E-state index contributed by atoms with van der Waals surface area (Å²) in [6.45, 7) is 7.85. The number of carbonyl (C=O) groups is 1. The average molecular weight is 280 g/mol. The largest absolute Gasteiger partial charge is 0.469 e. The Morgan fingerprint density at radius 3 is 2.50 bits per heavy atom. The summed E-state index contributed by atoms with van der Waals surface area (Å²) in [5.41, 5.74) is 2.32. The number of aromatic nitrogens is 2. The molecule has 0 N–H and O–H groups in total. The van der Waals surface area contributed by atoms with Gasteiger partial charge in [-0.15, -0.1) is 0 Å². The summed E-state index contributed by atoms with van der Waals surface area (Å²) >= 11 is 0. The van der Waals surface area contributed by atoms with E-state index in [1.165, 1.54) is 12.8 Å². The summed E-state index contributed by atoms with van der Waals surface area (Å²) in [6, 6.07) is 2.14. The smallest absolute Gasteiger partial charge is 0.306 e. The van der Waals surface area contributed by atoms with E-state index in [1.807, 2.05) is 18.7 Å². The second-order valence-electron chi connectivity index (χ2n) is 5.34. The predicted molar refractivity (Wildman–Crippen MR) is 76.3 cm³/mol. The topological polar surface area (TPSA) is 50.6 Å². The van der Waals surface area contributed by atoms with E-state index in [-0.39, 0.29) is 5.97 Å². The number of ether oxygens (including phenoxy) is 1. The van der Waals surface area contributed by atoms with Gasteiger partial charge in [0.2, 0.25) is 0 Å². The van der Waals surface area contributed by atoms with Crippen LogP contribution in [0.3, 0.4) is 0 Å². The molecule has 0 aromatic carbocycles. The van der Waals surface area contributed by atoms with Crippen molar-refractivity contribution in [3.63, 3.8) is 0 Å². The van der Waals surface area contributed by atoms with Gasteiger partial charge < -0.3 is 9.64 Å². The summed E-state index contributed by atoms with van der Waals surface area (Å²) in [4.78, 5) is 15.9. The Bertz CT molecular complexity index is 450. The van der Waals surface area contributed by atoms with Crippen LogP contribution >= 0.6 is 0 Å². The molecule has 6 nitrogen and oxygen atoms in total. The summed E-state index contributed by atoms with van der Waals surface area (Å²) in [7, 11) is 3.44. The minimum absolute atomic E-state index is 0.127. The second-order valence-corrected chi connectivity index (χ2v) is 5.34. The Labute approximate surface area is 120 Å². The van der Waals surface area contributed by atoms with Crippen LogP contribution in [0.2, 0.25) is 0 Å². The number of rotatable bonds is 5. The van der Waals surface area contributed by atoms with Crippen molar-refractivity contribution in [3.05, 3.63) is 17.5 Å². The highest BCUT2D eigenvalue weighted by Gasteiger charge is 2.18. The van der Waals surface area contributed by atoms with E-state index in [0.717, 1.165) is 45.0 Å². The maximum atomic E-state index is 11.1. The molecule has 1 aliphatic heterocycles. The first-order chi connectivity index (χ1) is 9.58. The summed E-state index contributed by atoms with van der Waals surface area (Å²) in [5, 5.41) is 4.38. The lowest BCUT2D eigenvalue weighted by molar-refractivity contribution is -0.141. The summed E-state index contributed by atoms with van der Waals surface area (Å²) in [6.07, 6.45) is 0.484. The monoisotopic (exact) mass is 280 g/mol. The van der Waals surface area contributed by atoms with E-state index in [1.54, 1.807) is 0 Å². The maximum absolute atomic E-state index is 11.1. The van der Waals surface area contributed by atoms with Crippen LogP contribution in [0.4, 0.5) is 0 Å². The van der Waals surface area contributed by atoms with Gasteiger partial charge in [0.1, 0.15) is 0 Å². The number of carbonyl (C=O) groups excluding carboxylic acids is 1. The maximum Gasteiger partial charge on any atom is 0.306 e. The van der Waals surface area contributed by atoms with Crippen molar-refractivity contribution in [2.45, 2.75) is 19.9 Å². The lowest BCUT2D eigenvalue weighted by atomic mass is 10.2. The minimum atomic E-state index is -0.127. The van der Waals surface area contributed by atoms with E-state index in [9.17, 15) is 4.79 Å². The fourth-order valence-corrected chi connectivity index (χ4v) is 2.56. The third-order valence-corrected chi connectivity index (χ3v) is 3.81. The van der Waals surface area contributed by atoms with Crippen molar-refractivity contribution in [1.82, 2.24) is 19.6 Å². The molecular formula is C14H24N4O2. The molecule has 6 heteroatoms. The normalized spacial score (nSPS) is 17.4. The van der Waals surface area contributed by atoms with E-state index in [2.05, 4.69) is 25.7 Å². The van der Waals surface area contributed by atoms with Gasteiger partial charge in [0, 0.05) is 46.3 Å². The number of hydrogen-bond acceptors (Lipinski definition) is 5. The van der Waals surface area contributed by atoms with Crippen LogP contribution in [0.15, 0.2) is 6.07 Å². The zero-order valence-electron chi connectivity index (χ0n) is 12.6. The molecule has 0 unspecified atom stereocenters. The standard InChI is InChI=1S/C14H24N4O2/c1-12-10-13(16(2)15-12)11-18-8-6-17(7-9-18)5-4-14(19)20-3/h10H,4-9,11H2,1-3H3. The van der Waals surface area contributed by atoms with Crippen LogP contribution in [-0.4, -0.2) is 65.4 Å². The fourth-order valence-electron chi connectivity index (χ4n) is 2.56. The first kappa shape index (κ1) is 15.0. The van der Waals surface area contributed by atoms with Crippen molar-refractivity contribution in [3.8, 4) is 0 Å². The summed E-state index contributed by atoms with van der Waals surface area (Å²) < 4.78 is 6.63. The first-order valence-electron chi connectivity index (χ1n) is 7.09. The van der Waals surface area contributed by atoms with E-state index in [0.29, 0.717) is 6.42 Å². The van der Waals surface area contributed by atoms with Crippen molar-refractivity contribution < 1.29 is 9.53 Å². The molecule has 0 bridgehead atoms. The molecule has 0 aliphatic carbocycles. The Kier molecular flexibility index (Phi) is 5.14. The lowest BCUT2D eigenvalue weighted by Crippen LogP contribution is -2.46. The highest BCUT2D eigenvalue weighted by atomic mass is 16.5. The highest BCUT2D eigenvalue weighted by molar-refractivity contribution is 5.69. The van der Waals surface area contributed by atoms with Crippen LogP contribution in [0.5, 0.6) is 0 Å². The van der Waals surface area contributed by atoms with Crippen LogP contribution < -0.4 is 0 Å². The zero-order valence-corrected chi connectivity index (χ0v) is 12.6. The van der Waals surface area contributed by atoms with Gasteiger partial charge in [-0.2, -0.15) is 5.10 Å². The molecule has 2 rings (SSSR count). The van der Waals surface area contributed by atoms with Crippen molar-refractivity contribution in [2.24, 2.45) is 7.05 Å². The molecule has 20 heavy (non-hydrogen) atoms. The van der Waals surface area contributed by atoms with Crippen LogP contribution in [0.25, 0.3) is 0 Å². The fraction of sp³-hybridized carbons (Fsp3) is 0.714. The summed E-state index contributed by atoms with van der Waals surface area (Å²) in [5.74, 6) is -0.127. The number of aryl methyl sites for hydroxylation is 2. The molecule has 0 spiro atoms. The molecule has 0 radical (unpaired) electrons. The third kappa shape index (κ3) is 4.05. The Balaban J connectivity index is 1.74. The molecule has 0 amide bonds. The Morgan fingerprint density at radius 2 is 1.95 bits per heavy atom.